The lowest BCUT2D eigenvalue weighted by atomic mass is 9.83. The van der Waals surface area contributed by atoms with Gasteiger partial charge in [0.2, 0.25) is 5.69 Å². The van der Waals surface area contributed by atoms with Gasteiger partial charge in [0, 0.05) is 18.2 Å². The first-order valence-corrected chi connectivity index (χ1v) is 9.86. The van der Waals surface area contributed by atoms with Gasteiger partial charge in [-0.1, -0.05) is 47.5 Å². The minimum atomic E-state index is -0.706. The third-order valence-electron chi connectivity index (χ3n) is 5.18. The molecule has 0 spiro atoms. The summed E-state index contributed by atoms with van der Waals surface area (Å²) in [7, 11) is 1.28. The highest BCUT2D eigenvalue weighted by Gasteiger charge is 2.35. The first kappa shape index (κ1) is 21.4. The van der Waals surface area contributed by atoms with Gasteiger partial charge in [0.05, 0.1) is 27.7 Å². The monoisotopic (exact) mass is 466 g/mol. The lowest BCUT2D eigenvalue weighted by molar-refractivity contribution is 0.0979. The molecular weight excluding hydrogens is 455 g/mol. The Hall–Kier alpha value is -3.80. The number of nitrogens with zero attached hydrogens (tertiary/aromatic N) is 4. The minimum Gasteiger partial charge on any atom is -0.503 e. The van der Waals surface area contributed by atoms with Crippen molar-refractivity contribution in [1.82, 2.24) is 4.57 Å². The van der Waals surface area contributed by atoms with Crippen LogP contribution in [-0.2, 0) is 7.05 Å². The van der Waals surface area contributed by atoms with Crippen LogP contribution in [0, 0.1) is 13.5 Å². The van der Waals surface area contributed by atoms with Gasteiger partial charge in [0.15, 0.2) is 17.4 Å². The summed E-state index contributed by atoms with van der Waals surface area (Å²) < 4.78 is 0.860. The number of carbonyl (C=O) groups is 2. The highest BCUT2D eigenvalue weighted by molar-refractivity contribution is 6.43. The van der Waals surface area contributed by atoms with Gasteiger partial charge in [0.25, 0.3) is 5.56 Å². The predicted molar refractivity (Wildman–Crippen MR) is 118 cm³/mol. The molecular formula is C22H12Cl2N4O4. The molecule has 0 amide bonds. The Kier molecular flexibility index (Phi) is 5.17. The van der Waals surface area contributed by atoms with Crippen LogP contribution in [0.3, 0.4) is 0 Å². The van der Waals surface area contributed by atoms with E-state index in [2.05, 4.69) is 15.1 Å². The number of halogens is 2. The largest absolute Gasteiger partial charge is 0.503 e. The van der Waals surface area contributed by atoms with Crippen molar-refractivity contribution in [2.45, 2.75) is 6.92 Å². The van der Waals surface area contributed by atoms with Gasteiger partial charge in [-0.2, -0.15) is 0 Å². The quantitative estimate of drug-likeness (QED) is 0.313. The Balaban J connectivity index is 1.98. The van der Waals surface area contributed by atoms with Crippen LogP contribution < -0.4 is 5.56 Å². The van der Waals surface area contributed by atoms with Gasteiger partial charge in [-0.3, -0.25) is 19.0 Å². The molecule has 0 saturated carbocycles. The molecule has 0 radical (unpaired) electrons. The maximum atomic E-state index is 13.2. The smallest absolute Gasteiger partial charge is 0.278 e. The molecule has 10 heteroatoms. The van der Waals surface area contributed by atoms with Crippen molar-refractivity contribution in [1.29, 1.82) is 0 Å². The van der Waals surface area contributed by atoms with E-state index in [0.717, 1.165) is 4.57 Å². The maximum Gasteiger partial charge on any atom is 0.278 e. The third kappa shape index (κ3) is 3.02. The third-order valence-corrected chi connectivity index (χ3v) is 5.77. The van der Waals surface area contributed by atoms with Crippen molar-refractivity contribution in [2.24, 2.45) is 17.3 Å². The van der Waals surface area contributed by atoms with Crippen molar-refractivity contribution in [3.05, 3.63) is 90.0 Å². The summed E-state index contributed by atoms with van der Waals surface area (Å²) in [4.78, 5) is 42.0. The van der Waals surface area contributed by atoms with Crippen LogP contribution in [-0.4, -0.2) is 21.2 Å². The summed E-state index contributed by atoms with van der Waals surface area (Å²) in [6, 6.07) is 7.58. The van der Waals surface area contributed by atoms with E-state index in [1.54, 1.807) is 12.1 Å². The van der Waals surface area contributed by atoms with Gasteiger partial charge < -0.3 is 5.11 Å². The van der Waals surface area contributed by atoms with Crippen LogP contribution in [0.25, 0.3) is 4.85 Å². The number of hydrogen-bond acceptors (Lipinski definition) is 6. The Labute approximate surface area is 191 Å². The molecule has 32 heavy (non-hydrogen) atoms. The molecule has 1 heterocycles. The molecule has 0 unspecified atom stereocenters. The summed E-state index contributed by atoms with van der Waals surface area (Å²) in [6.07, 6.45) is 0. The van der Waals surface area contributed by atoms with Gasteiger partial charge in [0.1, 0.15) is 11.4 Å². The Morgan fingerprint density at radius 3 is 2.12 bits per heavy atom. The fraction of sp³-hybridized carbons (Fsp3) is 0.0909. The fourth-order valence-electron chi connectivity index (χ4n) is 3.50. The molecule has 0 aliphatic heterocycles. The minimum absolute atomic E-state index is 0.0103. The molecule has 158 valence electrons. The number of aromatic hydroxyl groups is 1. The van der Waals surface area contributed by atoms with Crippen LogP contribution >= 0.6 is 23.2 Å². The van der Waals surface area contributed by atoms with Crippen LogP contribution in [0.5, 0.6) is 5.88 Å². The zero-order valence-electron chi connectivity index (χ0n) is 16.6. The van der Waals surface area contributed by atoms with Gasteiger partial charge in [-0.15, -0.1) is 10.2 Å². The van der Waals surface area contributed by atoms with Gasteiger partial charge in [-0.25, -0.2) is 4.85 Å². The summed E-state index contributed by atoms with van der Waals surface area (Å²) in [5.41, 5.74) is -0.887. The standard InChI is InChI=1S/C22H12Cl2N4O4/c1-9-16(25-2)21(31)28(3)22(32)17(9)26-27-18-13(24)8-12(23)14-15(18)20(30)11-7-5-4-6-10(11)19(14)29/h4-8,31H,1,3H3. The van der Waals surface area contributed by atoms with Crippen molar-refractivity contribution in [3.8, 4) is 5.88 Å². The van der Waals surface area contributed by atoms with Crippen LogP contribution in [0.4, 0.5) is 17.1 Å². The van der Waals surface area contributed by atoms with E-state index >= 15 is 0 Å². The first-order chi connectivity index (χ1) is 15.2. The van der Waals surface area contributed by atoms with E-state index in [1.165, 1.54) is 32.2 Å². The molecule has 0 saturated heterocycles. The van der Waals surface area contributed by atoms with Crippen LogP contribution in [0.15, 0.2) is 45.4 Å². The number of aromatic nitrogens is 1. The summed E-state index contributed by atoms with van der Waals surface area (Å²) in [6.45, 7) is 8.68. The average molecular weight is 467 g/mol. The number of carbonyl (C=O) groups excluding carboxylic acids is 2. The van der Waals surface area contributed by atoms with Gasteiger partial charge >= 0.3 is 0 Å². The zero-order chi connectivity index (χ0) is 23.3. The number of benzene rings is 2. The number of ketones is 2. The Morgan fingerprint density at radius 2 is 1.53 bits per heavy atom. The topological polar surface area (TPSA) is 105 Å². The number of azo groups is 1. The molecule has 0 atom stereocenters. The lowest BCUT2D eigenvalue weighted by Gasteiger charge is -2.20. The van der Waals surface area contributed by atoms with E-state index in [-0.39, 0.29) is 54.9 Å². The Morgan fingerprint density at radius 1 is 0.969 bits per heavy atom. The molecule has 3 aromatic rings. The van der Waals surface area contributed by atoms with E-state index in [4.69, 9.17) is 29.8 Å². The number of pyridine rings is 1. The van der Waals surface area contributed by atoms with E-state index in [9.17, 15) is 19.5 Å². The Bertz CT molecular complexity index is 1500. The zero-order valence-corrected chi connectivity index (χ0v) is 18.1. The maximum absolute atomic E-state index is 13.2. The molecule has 8 nitrogen and oxygen atoms in total. The number of hydrogen-bond donors (Lipinski definition) is 1. The van der Waals surface area contributed by atoms with Gasteiger partial charge in [-0.05, 0) is 18.6 Å². The van der Waals surface area contributed by atoms with Crippen molar-refractivity contribution in [2.75, 3.05) is 0 Å². The summed E-state index contributed by atoms with van der Waals surface area (Å²) >= 11 is 12.5. The SMILES string of the molecule is [C-]#[N+]c1c(C)c(N=Nc2c(Cl)cc(Cl)c3c2C(=O)c2ccccc2C3=O)c(=O)n(C)c1O. The van der Waals surface area contributed by atoms with E-state index in [0.29, 0.717) is 0 Å². The molecule has 1 aromatic heterocycles. The summed E-state index contributed by atoms with van der Waals surface area (Å²) in [5.74, 6) is -1.47. The highest BCUT2D eigenvalue weighted by Crippen LogP contribution is 2.43. The normalized spacial score (nSPS) is 12.6. The van der Waals surface area contributed by atoms with Crippen molar-refractivity contribution >= 4 is 51.8 Å². The molecule has 1 N–H and O–H groups in total. The van der Waals surface area contributed by atoms with E-state index < -0.39 is 23.0 Å². The molecule has 4 rings (SSSR count). The molecule has 1 aliphatic rings. The second-order valence-corrected chi connectivity index (χ2v) is 7.78. The molecule has 0 fully saturated rings. The lowest BCUT2D eigenvalue weighted by Crippen LogP contribution is -2.21. The van der Waals surface area contributed by atoms with Crippen LogP contribution in [0.1, 0.15) is 37.4 Å². The second-order valence-electron chi connectivity index (χ2n) is 6.96. The average Bonchev–Trinajstić information content (AvgIpc) is 2.77. The van der Waals surface area contributed by atoms with Crippen LogP contribution in [0.2, 0.25) is 10.0 Å². The fourth-order valence-corrected chi connectivity index (χ4v) is 4.09. The highest BCUT2D eigenvalue weighted by atomic mass is 35.5. The second kappa shape index (κ2) is 7.71. The molecule has 1 aliphatic carbocycles. The van der Waals surface area contributed by atoms with Crippen molar-refractivity contribution < 1.29 is 14.7 Å². The molecule has 0 bridgehead atoms. The summed E-state index contributed by atoms with van der Waals surface area (Å²) in [5, 5.41) is 17.9. The molecule has 2 aromatic carbocycles. The predicted octanol–water partition coefficient (Wildman–Crippen LogP) is 5.45. The number of fused-ring (bicyclic) bond motifs is 2. The van der Waals surface area contributed by atoms with E-state index in [1.807, 2.05) is 0 Å². The number of rotatable bonds is 2. The van der Waals surface area contributed by atoms with Crippen molar-refractivity contribution in [3.63, 3.8) is 0 Å². The first-order valence-electron chi connectivity index (χ1n) is 9.11.